The van der Waals surface area contributed by atoms with Crippen LogP contribution in [0.25, 0.3) is 11.0 Å². The fourth-order valence-corrected chi connectivity index (χ4v) is 4.65. The molecule has 2 aromatic heterocycles. The van der Waals surface area contributed by atoms with Gasteiger partial charge in [0.05, 0.1) is 15.9 Å². The Morgan fingerprint density at radius 1 is 1.11 bits per heavy atom. The number of thiocarbonyl (C=S) groups is 1. The number of aryl methyl sites for hydroxylation is 1. The van der Waals surface area contributed by atoms with Crippen LogP contribution < -0.4 is 4.90 Å². The van der Waals surface area contributed by atoms with E-state index >= 15 is 0 Å². The molecule has 0 unspecified atom stereocenters. The van der Waals surface area contributed by atoms with Gasteiger partial charge in [-0.15, -0.1) is 0 Å². The first-order valence-electron chi connectivity index (χ1n) is 9.63. The van der Waals surface area contributed by atoms with Gasteiger partial charge in [-0.25, -0.2) is 9.97 Å². The van der Waals surface area contributed by atoms with Crippen molar-refractivity contribution >= 4 is 34.1 Å². The first-order valence-corrected chi connectivity index (χ1v) is 10.0. The van der Waals surface area contributed by atoms with Crippen molar-refractivity contribution in [2.75, 3.05) is 24.5 Å². The van der Waals surface area contributed by atoms with Crippen LogP contribution in [0.15, 0.2) is 48.9 Å². The molecule has 1 saturated heterocycles. The predicted molar refractivity (Wildman–Crippen MR) is 112 cm³/mol. The van der Waals surface area contributed by atoms with E-state index in [1.807, 2.05) is 6.20 Å². The largest absolute Gasteiger partial charge is 0.357 e. The monoisotopic (exact) mass is 377 g/mol. The minimum absolute atomic E-state index is 0.208. The quantitative estimate of drug-likeness (QED) is 0.705. The fraction of sp³-hybridized carbons (Fsp3) is 0.381. The van der Waals surface area contributed by atoms with Gasteiger partial charge in [0.2, 0.25) is 0 Å². The molecule has 3 aromatic rings. The third-order valence-electron chi connectivity index (χ3n) is 5.88. The maximum atomic E-state index is 5.86. The molecule has 0 radical (unpaired) electrons. The van der Waals surface area contributed by atoms with Gasteiger partial charge < -0.3 is 14.8 Å². The Hall–Kier alpha value is -2.47. The number of rotatable bonds is 4. The summed E-state index contributed by atoms with van der Waals surface area (Å²) in [7, 11) is 0. The molecule has 0 atom stereocenters. The molecule has 1 spiro atoms. The average Bonchev–Trinajstić information content (AvgIpc) is 3.28. The standard InChI is InChI=1S/C21H23N5S/c27-18(7-6-16-4-2-1-3-5-16)26-13-12-25(14-21(26)9-10-21)20-17-8-11-22-19(17)23-15-24-20/h1-5,8,11,15H,6-7,9-10,12-14H2,(H,22,23,24). The molecule has 1 N–H and O–H groups in total. The summed E-state index contributed by atoms with van der Waals surface area (Å²) in [6.07, 6.45) is 8.00. The molecule has 5 rings (SSSR count). The summed E-state index contributed by atoms with van der Waals surface area (Å²) in [4.78, 5) is 18.1. The van der Waals surface area contributed by atoms with Gasteiger partial charge >= 0.3 is 0 Å². The summed E-state index contributed by atoms with van der Waals surface area (Å²) in [6, 6.07) is 12.7. The number of aromatic nitrogens is 3. The number of fused-ring (bicyclic) bond motifs is 1. The first kappa shape index (κ1) is 16.7. The number of H-pyrrole nitrogens is 1. The van der Waals surface area contributed by atoms with E-state index in [0.29, 0.717) is 0 Å². The highest BCUT2D eigenvalue weighted by Crippen LogP contribution is 2.46. The minimum atomic E-state index is 0.208. The van der Waals surface area contributed by atoms with Gasteiger partial charge in [-0.2, -0.15) is 0 Å². The molecule has 1 aliphatic carbocycles. The third-order valence-corrected chi connectivity index (χ3v) is 6.31. The second-order valence-corrected chi connectivity index (χ2v) is 8.09. The molecule has 0 amide bonds. The van der Waals surface area contributed by atoms with E-state index in [0.717, 1.165) is 54.3 Å². The van der Waals surface area contributed by atoms with Crippen LogP contribution in [-0.4, -0.2) is 50.0 Å². The van der Waals surface area contributed by atoms with Crippen molar-refractivity contribution in [3.05, 3.63) is 54.5 Å². The summed E-state index contributed by atoms with van der Waals surface area (Å²) >= 11 is 5.86. The number of hydrogen-bond donors (Lipinski definition) is 1. The van der Waals surface area contributed by atoms with E-state index in [9.17, 15) is 0 Å². The molecular weight excluding hydrogens is 354 g/mol. The average molecular weight is 378 g/mol. The van der Waals surface area contributed by atoms with Crippen molar-refractivity contribution in [3.63, 3.8) is 0 Å². The lowest BCUT2D eigenvalue weighted by Gasteiger charge is -2.44. The summed E-state index contributed by atoms with van der Waals surface area (Å²) in [5.41, 5.74) is 2.48. The zero-order valence-electron chi connectivity index (χ0n) is 15.3. The van der Waals surface area contributed by atoms with E-state index in [1.165, 1.54) is 18.4 Å². The highest BCUT2D eigenvalue weighted by atomic mass is 32.1. The van der Waals surface area contributed by atoms with Crippen LogP contribution in [-0.2, 0) is 6.42 Å². The first-order chi connectivity index (χ1) is 13.3. The molecule has 27 heavy (non-hydrogen) atoms. The summed E-state index contributed by atoms with van der Waals surface area (Å²) in [5.74, 6) is 1.04. The van der Waals surface area contributed by atoms with E-state index in [4.69, 9.17) is 12.2 Å². The normalized spacial score (nSPS) is 18.2. The number of aromatic amines is 1. The molecule has 6 heteroatoms. The van der Waals surface area contributed by atoms with E-state index < -0.39 is 0 Å². The maximum Gasteiger partial charge on any atom is 0.142 e. The van der Waals surface area contributed by atoms with E-state index in [2.05, 4.69) is 61.1 Å². The fourth-order valence-electron chi connectivity index (χ4n) is 4.26. The Balaban J connectivity index is 1.30. The predicted octanol–water partition coefficient (Wildman–Crippen LogP) is 3.57. The van der Waals surface area contributed by atoms with Gasteiger partial charge in [0.1, 0.15) is 17.8 Å². The Labute approximate surface area is 164 Å². The maximum absolute atomic E-state index is 5.86. The highest BCUT2D eigenvalue weighted by molar-refractivity contribution is 7.80. The molecule has 3 heterocycles. The van der Waals surface area contributed by atoms with Crippen molar-refractivity contribution in [1.82, 2.24) is 19.9 Å². The lowest BCUT2D eigenvalue weighted by atomic mass is 10.1. The molecule has 5 nitrogen and oxygen atoms in total. The van der Waals surface area contributed by atoms with Crippen LogP contribution in [0, 0.1) is 0 Å². The number of hydrogen-bond acceptors (Lipinski definition) is 4. The number of anilines is 1. The Bertz CT molecular complexity index is 963. The van der Waals surface area contributed by atoms with Gasteiger partial charge in [0.25, 0.3) is 0 Å². The Kier molecular flexibility index (Phi) is 4.08. The van der Waals surface area contributed by atoms with Crippen molar-refractivity contribution < 1.29 is 0 Å². The number of benzene rings is 1. The van der Waals surface area contributed by atoms with Crippen molar-refractivity contribution in [3.8, 4) is 0 Å². The number of piperazine rings is 1. The molecule has 2 aliphatic rings. The van der Waals surface area contributed by atoms with Crippen LogP contribution >= 0.6 is 12.2 Å². The summed E-state index contributed by atoms with van der Waals surface area (Å²) < 4.78 is 0. The van der Waals surface area contributed by atoms with Gasteiger partial charge in [0, 0.05) is 32.3 Å². The summed E-state index contributed by atoms with van der Waals surface area (Å²) in [6.45, 7) is 2.92. The molecular formula is C21H23N5S. The van der Waals surface area contributed by atoms with Crippen LogP contribution in [0.4, 0.5) is 5.82 Å². The molecule has 1 aromatic carbocycles. The summed E-state index contributed by atoms with van der Waals surface area (Å²) in [5, 5.41) is 1.11. The Morgan fingerprint density at radius 2 is 1.96 bits per heavy atom. The van der Waals surface area contributed by atoms with Crippen molar-refractivity contribution in [2.24, 2.45) is 0 Å². The third kappa shape index (κ3) is 3.08. The van der Waals surface area contributed by atoms with Gasteiger partial charge in [-0.1, -0.05) is 42.5 Å². The smallest absolute Gasteiger partial charge is 0.142 e. The topological polar surface area (TPSA) is 48.1 Å². The second-order valence-electron chi connectivity index (χ2n) is 7.61. The van der Waals surface area contributed by atoms with Crippen LogP contribution in [0.1, 0.15) is 24.8 Å². The van der Waals surface area contributed by atoms with Crippen LogP contribution in [0.5, 0.6) is 0 Å². The van der Waals surface area contributed by atoms with Gasteiger partial charge in [-0.05, 0) is 30.9 Å². The Morgan fingerprint density at radius 3 is 2.78 bits per heavy atom. The van der Waals surface area contributed by atoms with Crippen LogP contribution in [0.2, 0.25) is 0 Å². The van der Waals surface area contributed by atoms with Crippen LogP contribution in [0.3, 0.4) is 0 Å². The van der Waals surface area contributed by atoms with E-state index in [-0.39, 0.29) is 5.54 Å². The molecule has 138 valence electrons. The molecule has 2 fully saturated rings. The molecule has 0 bridgehead atoms. The molecule has 1 aliphatic heterocycles. The highest BCUT2D eigenvalue weighted by Gasteiger charge is 2.52. The second kappa shape index (κ2) is 6.60. The van der Waals surface area contributed by atoms with Gasteiger partial charge in [-0.3, -0.25) is 0 Å². The zero-order chi connectivity index (χ0) is 18.3. The van der Waals surface area contributed by atoms with Gasteiger partial charge in [0.15, 0.2) is 0 Å². The number of nitrogens with zero attached hydrogens (tertiary/aromatic N) is 4. The van der Waals surface area contributed by atoms with Crippen molar-refractivity contribution in [2.45, 2.75) is 31.2 Å². The number of nitrogens with one attached hydrogen (secondary N) is 1. The minimum Gasteiger partial charge on any atom is -0.357 e. The van der Waals surface area contributed by atoms with Crippen molar-refractivity contribution in [1.29, 1.82) is 0 Å². The zero-order valence-corrected chi connectivity index (χ0v) is 16.1. The molecule has 1 saturated carbocycles. The SMILES string of the molecule is S=C(CCc1ccccc1)N1CCN(c2ncnc3[nH]ccc23)CC12CC2. The lowest BCUT2D eigenvalue weighted by molar-refractivity contribution is 0.259. The van der Waals surface area contributed by atoms with E-state index in [1.54, 1.807) is 6.33 Å². The lowest BCUT2D eigenvalue weighted by Crippen LogP contribution is -2.57.